The van der Waals surface area contributed by atoms with Crippen molar-refractivity contribution in [3.05, 3.63) is 36.0 Å². The van der Waals surface area contributed by atoms with Crippen LogP contribution in [0.25, 0.3) is 10.9 Å². The Balaban J connectivity index is 2.40. The molecule has 0 unspecified atom stereocenters. The molecular weight excluding hydrogens is 262 g/mol. The molecule has 0 radical (unpaired) electrons. The first-order valence-corrected chi connectivity index (χ1v) is 7.44. The van der Waals surface area contributed by atoms with E-state index < -0.39 is 5.41 Å². The fourth-order valence-corrected chi connectivity index (χ4v) is 2.55. The second kappa shape index (κ2) is 6.22. The monoisotopic (exact) mass is 285 g/mol. The number of hydrogen-bond donors (Lipinski definition) is 2. The summed E-state index contributed by atoms with van der Waals surface area (Å²) in [5.74, 6) is -0.0224. The van der Waals surface area contributed by atoms with E-state index in [4.69, 9.17) is 5.73 Å². The van der Waals surface area contributed by atoms with Crippen molar-refractivity contribution in [1.82, 2.24) is 4.98 Å². The number of carbonyl (C=O) groups excluding carboxylic acids is 1. The third-order valence-electron chi connectivity index (χ3n) is 4.33. The predicted molar refractivity (Wildman–Crippen MR) is 87.2 cm³/mol. The summed E-state index contributed by atoms with van der Waals surface area (Å²) in [4.78, 5) is 17.2. The van der Waals surface area contributed by atoms with Gasteiger partial charge in [0.1, 0.15) is 0 Å². The van der Waals surface area contributed by atoms with E-state index in [0.717, 1.165) is 35.1 Å². The van der Waals surface area contributed by atoms with E-state index in [1.807, 2.05) is 51.1 Å². The van der Waals surface area contributed by atoms with Gasteiger partial charge in [0.05, 0.1) is 16.6 Å². The maximum Gasteiger partial charge on any atom is 0.231 e. The summed E-state index contributed by atoms with van der Waals surface area (Å²) in [6, 6.07) is 9.79. The van der Waals surface area contributed by atoms with Crippen LogP contribution in [0, 0.1) is 12.3 Å². The average Bonchev–Trinajstić information content (AvgIpc) is 2.50. The Morgan fingerprint density at radius 3 is 2.57 bits per heavy atom. The summed E-state index contributed by atoms with van der Waals surface area (Å²) in [7, 11) is 0. The molecule has 3 N–H and O–H groups in total. The zero-order valence-electron chi connectivity index (χ0n) is 12.9. The maximum absolute atomic E-state index is 12.6. The van der Waals surface area contributed by atoms with Gasteiger partial charge in [-0.05, 0) is 31.9 Å². The molecule has 0 saturated carbocycles. The van der Waals surface area contributed by atoms with Crippen LogP contribution < -0.4 is 11.1 Å². The highest BCUT2D eigenvalue weighted by atomic mass is 16.2. The second-order valence-electron chi connectivity index (χ2n) is 5.48. The number of aryl methyl sites for hydroxylation is 1. The van der Waals surface area contributed by atoms with Crippen molar-refractivity contribution in [2.75, 3.05) is 11.9 Å². The fourth-order valence-electron chi connectivity index (χ4n) is 2.55. The summed E-state index contributed by atoms with van der Waals surface area (Å²) in [5, 5.41) is 4.04. The number of amides is 1. The Labute approximate surface area is 125 Å². The molecular formula is C17H23N3O. The molecule has 0 aliphatic carbocycles. The lowest BCUT2D eigenvalue weighted by molar-refractivity contribution is -0.125. The number of nitrogens with one attached hydrogen (secondary N) is 1. The van der Waals surface area contributed by atoms with Gasteiger partial charge in [0.15, 0.2) is 0 Å². The zero-order chi connectivity index (χ0) is 15.5. The quantitative estimate of drug-likeness (QED) is 0.886. The standard InChI is InChI=1S/C17H23N3O/c1-4-17(5-2,11-18)16(21)20-14-8-6-7-13-10-9-12(3)19-15(13)14/h6-10H,4-5,11,18H2,1-3H3,(H,20,21). The van der Waals surface area contributed by atoms with Crippen LogP contribution in [-0.4, -0.2) is 17.4 Å². The van der Waals surface area contributed by atoms with Gasteiger partial charge < -0.3 is 11.1 Å². The van der Waals surface area contributed by atoms with Crippen LogP contribution in [0.4, 0.5) is 5.69 Å². The van der Waals surface area contributed by atoms with Crippen molar-refractivity contribution in [3.63, 3.8) is 0 Å². The normalized spacial score (nSPS) is 11.6. The average molecular weight is 285 g/mol. The number of anilines is 1. The Morgan fingerprint density at radius 1 is 1.24 bits per heavy atom. The molecule has 21 heavy (non-hydrogen) atoms. The molecule has 1 amide bonds. The van der Waals surface area contributed by atoms with Gasteiger partial charge in [0, 0.05) is 17.6 Å². The minimum Gasteiger partial charge on any atom is -0.329 e. The van der Waals surface area contributed by atoms with Gasteiger partial charge in [-0.2, -0.15) is 0 Å². The molecule has 4 heteroatoms. The van der Waals surface area contributed by atoms with Crippen molar-refractivity contribution in [3.8, 4) is 0 Å². The van der Waals surface area contributed by atoms with E-state index in [1.165, 1.54) is 0 Å². The minimum absolute atomic E-state index is 0.0224. The van der Waals surface area contributed by atoms with E-state index >= 15 is 0 Å². The van der Waals surface area contributed by atoms with Crippen LogP contribution in [0.15, 0.2) is 30.3 Å². The molecule has 0 atom stereocenters. The molecule has 0 bridgehead atoms. The lowest BCUT2D eigenvalue weighted by atomic mass is 9.81. The number of fused-ring (bicyclic) bond motifs is 1. The first-order valence-electron chi connectivity index (χ1n) is 7.44. The Hall–Kier alpha value is -1.94. The molecule has 1 aromatic heterocycles. The van der Waals surface area contributed by atoms with Gasteiger partial charge in [-0.3, -0.25) is 9.78 Å². The number of nitrogens with two attached hydrogens (primary N) is 1. The molecule has 0 saturated heterocycles. The van der Waals surface area contributed by atoms with Crippen LogP contribution in [0.1, 0.15) is 32.4 Å². The number of hydrogen-bond acceptors (Lipinski definition) is 3. The van der Waals surface area contributed by atoms with Gasteiger partial charge in [-0.15, -0.1) is 0 Å². The molecule has 1 heterocycles. The topological polar surface area (TPSA) is 68.0 Å². The highest BCUT2D eigenvalue weighted by Crippen LogP contribution is 2.29. The van der Waals surface area contributed by atoms with Crippen molar-refractivity contribution in [2.24, 2.45) is 11.1 Å². The molecule has 0 spiro atoms. The van der Waals surface area contributed by atoms with Crippen LogP contribution >= 0.6 is 0 Å². The second-order valence-corrected chi connectivity index (χ2v) is 5.48. The number of aromatic nitrogens is 1. The van der Waals surface area contributed by atoms with E-state index in [1.54, 1.807) is 0 Å². The number of benzene rings is 1. The Morgan fingerprint density at radius 2 is 1.95 bits per heavy atom. The summed E-state index contributed by atoms with van der Waals surface area (Å²) in [6.45, 7) is 6.30. The lowest BCUT2D eigenvalue weighted by Gasteiger charge is -2.28. The third kappa shape index (κ3) is 2.90. The maximum atomic E-state index is 12.6. The van der Waals surface area contributed by atoms with Gasteiger partial charge in [-0.1, -0.05) is 32.0 Å². The summed E-state index contributed by atoms with van der Waals surface area (Å²) in [6.07, 6.45) is 1.45. The highest BCUT2D eigenvalue weighted by Gasteiger charge is 2.33. The number of para-hydroxylation sites is 1. The number of carbonyl (C=O) groups is 1. The molecule has 1 aromatic carbocycles. The predicted octanol–water partition coefficient (Wildman–Crippen LogP) is 3.25. The van der Waals surface area contributed by atoms with Crippen LogP contribution in [0.5, 0.6) is 0 Å². The summed E-state index contributed by atoms with van der Waals surface area (Å²) >= 11 is 0. The first kappa shape index (κ1) is 15.4. The van der Waals surface area contributed by atoms with Gasteiger partial charge in [-0.25, -0.2) is 0 Å². The van der Waals surface area contributed by atoms with Crippen LogP contribution in [0.2, 0.25) is 0 Å². The molecule has 0 aliphatic rings. The molecule has 2 rings (SSSR count). The van der Waals surface area contributed by atoms with Gasteiger partial charge in [0.25, 0.3) is 0 Å². The largest absolute Gasteiger partial charge is 0.329 e. The summed E-state index contributed by atoms with van der Waals surface area (Å²) < 4.78 is 0. The van der Waals surface area contributed by atoms with Gasteiger partial charge in [0.2, 0.25) is 5.91 Å². The molecule has 2 aromatic rings. The minimum atomic E-state index is -0.508. The van der Waals surface area contributed by atoms with E-state index in [2.05, 4.69) is 10.3 Å². The van der Waals surface area contributed by atoms with Gasteiger partial charge >= 0.3 is 0 Å². The van der Waals surface area contributed by atoms with Crippen molar-refractivity contribution >= 4 is 22.5 Å². The smallest absolute Gasteiger partial charge is 0.231 e. The van der Waals surface area contributed by atoms with Crippen LogP contribution in [-0.2, 0) is 4.79 Å². The number of nitrogens with zero attached hydrogens (tertiary/aromatic N) is 1. The van der Waals surface area contributed by atoms with E-state index in [0.29, 0.717) is 6.54 Å². The number of pyridine rings is 1. The SMILES string of the molecule is CCC(CC)(CN)C(=O)Nc1cccc2ccc(C)nc12. The van der Waals surface area contributed by atoms with E-state index in [9.17, 15) is 4.79 Å². The number of rotatable bonds is 5. The lowest BCUT2D eigenvalue weighted by Crippen LogP contribution is -2.41. The molecule has 112 valence electrons. The van der Waals surface area contributed by atoms with Crippen molar-refractivity contribution < 1.29 is 4.79 Å². The molecule has 4 nitrogen and oxygen atoms in total. The van der Waals surface area contributed by atoms with Crippen molar-refractivity contribution in [2.45, 2.75) is 33.6 Å². The first-order chi connectivity index (χ1) is 10.1. The Bertz CT molecular complexity index is 639. The highest BCUT2D eigenvalue weighted by molar-refractivity contribution is 6.02. The fraction of sp³-hybridized carbons (Fsp3) is 0.412. The summed E-state index contributed by atoms with van der Waals surface area (Å²) in [5.41, 5.74) is 7.84. The Kier molecular flexibility index (Phi) is 4.58. The molecule has 0 aliphatic heterocycles. The third-order valence-corrected chi connectivity index (χ3v) is 4.33. The van der Waals surface area contributed by atoms with Crippen LogP contribution in [0.3, 0.4) is 0 Å². The molecule has 0 fully saturated rings. The van der Waals surface area contributed by atoms with Crippen molar-refractivity contribution in [1.29, 1.82) is 0 Å². The zero-order valence-corrected chi connectivity index (χ0v) is 12.9. The van der Waals surface area contributed by atoms with E-state index in [-0.39, 0.29) is 5.91 Å².